The highest BCUT2D eigenvalue weighted by Gasteiger charge is 2.48. The number of aryl methyl sites for hydroxylation is 1. The lowest BCUT2D eigenvalue weighted by Gasteiger charge is -2.42. The molecule has 2 heterocycles. The third-order valence-electron chi connectivity index (χ3n) is 3.58. The van der Waals surface area contributed by atoms with Gasteiger partial charge in [0.25, 0.3) is 0 Å². The average molecular weight is 230 g/mol. The molecule has 1 aliphatic carbocycles. The van der Waals surface area contributed by atoms with Crippen LogP contribution in [0.4, 0.5) is 0 Å². The molecule has 1 N–H and O–H groups in total. The fraction of sp³-hybridized carbons (Fsp3) is 0.800. The lowest BCUT2D eigenvalue weighted by atomic mass is 9.61. The molecule has 84 valence electrons. The summed E-state index contributed by atoms with van der Waals surface area (Å²) in [5, 5.41) is 7.26. The smallest absolute Gasteiger partial charge is 0.229 e. The van der Waals surface area contributed by atoms with Crippen LogP contribution >= 0.6 is 12.4 Å². The summed E-state index contributed by atoms with van der Waals surface area (Å²) in [5.41, 5.74) is 0.563. The Morgan fingerprint density at radius 3 is 2.80 bits per heavy atom. The van der Waals surface area contributed by atoms with Crippen LogP contribution in [0.2, 0.25) is 0 Å². The lowest BCUT2D eigenvalue weighted by Crippen LogP contribution is -2.37. The molecule has 1 saturated heterocycles. The van der Waals surface area contributed by atoms with E-state index in [9.17, 15) is 0 Å². The second-order valence-corrected chi connectivity index (χ2v) is 4.71. The van der Waals surface area contributed by atoms with Crippen molar-refractivity contribution in [2.24, 2.45) is 5.41 Å². The van der Waals surface area contributed by atoms with Gasteiger partial charge in [-0.25, -0.2) is 0 Å². The van der Waals surface area contributed by atoms with E-state index >= 15 is 0 Å². The summed E-state index contributed by atoms with van der Waals surface area (Å²) >= 11 is 0. The Balaban J connectivity index is 0.000000853. The molecule has 2 fully saturated rings. The monoisotopic (exact) mass is 229 g/mol. The minimum atomic E-state index is 0. The molecule has 5 heteroatoms. The van der Waals surface area contributed by atoms with Crippen molar-refractivity contribution >= 4 is 12.4 Å². The quantitative estimate of drug-likeness (QED) is 0.796. The standard InChI is InChI=1S/C10H15N3O.ClH/c1-7-12-9(14-13-7)8-4-10(5-8)2-3-11-6-10;/h8,11H,2-6H2,1H3;1H. The van der Waals surface area contributed by atoms with E-state index in [-0.39, 0.29) is 12.4 Å². The van der Waals surface area contributed by atoms with Gasteiger partial charge >= 0.3 is 0 Å². The summed E-state index contributed by atoms with van der Waals surface area (Å²) < 4.78 is 5.19. The molecule has 1 aromatic heterocycles. The molecule has 1 aromatic rings. The van der Waals surface area contributed by atoms with Crippen molar-refractivity contribution in [3.63, 3.8) is 0 Å². The van der Waals surface area contributed by atoms with Crippen molar-refractivity contribution in [2.45, 2.75) is 32.1 Å². The van der Waals surface area contributed by atoms with Crippen LogP contribution in [0.3, 0.4) is 0 Å². The highest BCUT2D eigenvalue weighted by atomic mass is 35.5. The number of hydrogen-bond donors (Lipinski definition) is 1. The highest BCUT2D eigenvalue weighted by Crippen LogP contribution is 2.53. The van der Waals surface area contributed by atoms with E-state index in [0.29, 0.717) is 11.3 Å². The SMILES string of the molecule is Cc1noc(C2CC3(CCNC3)C2)n1.Cl. The van der Waals surface area contributed by atoms with Crippen molar-refractivity contribution in [1.29, 1.82) is 0 Å². The van der Waals surface area contributed by atoms with Gasteiger partial charge in [0.1, 0.15) is 0 Å². The van der Waals surface area contributed by atoms with E-state index in [1.54, 1.807) is 0 Å². The topological polar surface area (TPSA) is 51.0 Å². The molecule has 0 unspecified atom stereocenters. The zero-order valence-corrected chi connectivity index (χ0v) is 9.64. The molecule has 0 aromatic carbocycles. The molecule has 3 rings (SSSR count). The van der Waals surface area contributed by atoms with Gasteiger partial charge in [0, 0.05) is 12.5 Å². The Bertz CT molecular complexity index is 338. The largest absolute Gasteiger partial charge is 0.339 e. The number of rotatable bonds is 1. The van der Waals surface area contributed by atoms with Gasteiger partial charge in [0.05, 0.1) is 0 Å². The lowest BCUT2D eigenvalue weighted by molar-refractivity contribution is 0.104. The molecule has 1 saturated carbocycles. The van der Waals surface area contributed by atoms with Crippen LogP contribution < -0.4 is 5.32 Å². The molecule has 0 bridgehead atoms. The molecular formula is C10H16ClN3O. The summed E-state index contributed by atoms with van der Waals surface area (Å²) in [6.07, 6.45) is 3.76. The third kappa shape index (κ3) is 1.76. The van der Waals surface area contributed by atoms with Gasteiger partial charge in [0.2, 0.25) is 5.89 Å². The third-order valence-corrected chi connectivity index (χ3v) is 3.58. The molecule has 4 nitrogen and oxygen atoms in total. The molecular weight excluding hydrogens is 214 g/mol. The Labute approximate surface area is 95.2 Å². The molecule has 1 aliphatic heterocycles. The van der Waals surface area contributed by atoms with E-state index in [4.69, 9.17) is 4.52 Å². The first kappa shape index (κ1) is 10.9. The number of nitrogens with zero attached hydrogens (tertiary/aromatic N) is 2. The minimum Gasteiger partial charge on any atom is -0.339 e. The first-order valence-corrected chi connectivity index (χ1v) is 5.28. The van der Waals surface area contributed by atoms with E-state index in [2.05, 4.69) is 15.5 Å². The van der Waals surface area contributed by atoms with Crippen molar-refractivity contribution < 1.29 is 4.52 Å². The Hall–Kier alpha value is -0.610. The zero-order chi connectivity index (χ0) is 9.60. The number of nitrogens with one attached hydrogen (secondary N) is 1. The predicted octanol–water partition coefficient (Wildman–Crippen LogP) is 1.66. The number of hydrogen-bond acceptors (Lipinski definition) is 4. The van der Waals surface area contributed by atoms with Gasteiger partial charge in [-0.3, -0.25) is 0 Å². The first-order valence-electron chi connectivity index (χ1n) is 5.28. The van der Waals surface area contributed by atoms with E-state index < -0.39 is 0 Å². The minimum absolute atomic E-state index is 0. The van der Waals surface area contributed by atoms with Crippen molar-refractivity contribution in [1.82, 2.24) is 15.5 Å². The second kappa shape index (κ2) is 3.76. The van der Waals surface area contributed by atoms with Crippen LogP contribution in [0.15, 0.2) is 4.52 Å². The summed E-state index contributed by atoms with van der Waals surface area (Å²) in [5.74, 6) is 2.13. The Morgan fingerprint density at radius 1 is 1.47 bits per heavy atom. The number of aromatic nitrogens is 2. The molecule has 1 spiro atoms. The Kier molecular flexibility index (Phi) is 2.73. The van der Waals surface area contributed by atoms with Crippen molar-refractivity contribution in [2.75, 3.05) is 13.1 Å². The van der Waals surface area contributed by atoms with E-state index in [1.807, 2.05) is 6.92 Å². The maximum absolute atomic E-state index is 5.19. The van der Waals surface area contributed by atoms with Gasteiger partial charge in [-0.1, -0.05) is 5.16 Å². The van der Waals surface area contributed by atoms with Gasteiger partial charge in [-0.2, -0.15) is 4.98 Å². The molecule has 0 amide bonds. The maximum Gasteiger partial charge on any atom is 0.229 e. The number of halogens is 1. The fourth-order valence-electron chi connectivity index (χ4n) is 2.78. The van der Waals surface area contributed by atoms with Gasteiger partial charge in [0.15, 0.2) is 5.82 Å². The van der Waals surface area contributed by atoms with Crippen LogP contribution in [0, 0.1) is 12.3 Å². The first-order chi connectivity index (χ1) is 6.77. The fourth-order valence-corrected chi connectivity index (χ4v) is 2.78. The summed E-state index contributed by atoms with van der Waals surface area (Å²) in [6.45, 7) is 4.23. The van der Waals surface area contributed by atoms with Crippen LogP contribution in [0.5, 0.6) is 0 Å². The predicted molar refractivity (Wildman–Crippen MR) is 58.2 cm³/mol. The summed E-state index contributed by atoms with van der Waals surface area (Å²) in [6, 6.07) is 0. The van der Waals surface area contributed by atoms with Crippen LogP contribution in [0.25, 0.3) is 0 Å². The average Bonchev–Trinajstić information content (AvgIpc) is 2.68. The zero-order valence-electron chi connectivity index (χ0n) is 8.82. The molecule has 15 heavy (non-hydrogen) atoms. The summed E-state index contributed by atoms with van der Waals surface area (Å²) in [4.78, 5) is 4.29. The normalized spacial score (nSPS) is 33.8. The van der Waals surface area contributed by atoms with E-state index in [1.165, 1.54) is 32.4 Å². The second-order valence-electron chi connectivity index (χ2n) is 4.71. The maximum atomic E-state index is 5.19. The van der Waals surface area contributed by atoms with Crippen LogP contribution in [0.1, 0.15) is 36.9 Å². The van der Waals surface area contributed by atoms with Gasteiger partial charge in [-0.15, -0.1) is 12.4 Å². The highest BCUT2D eigenvalue weighted by molar-refractivity contribution is 5.85. The van der Waals surface area contributed by atoms with Gasteiger partial charge < -0.3 is 9.84 Å². The van der Waals surface area contributed by atoms with Crippen molar-refractivity contribution in [3.8, 4) is 0 Å². The van der Waals surface area contributed by atoms with Crippen molar-refractivity contribution in [3.05, 3.63) is 11.7 Å². The molecule has 0 atom stereocenters. The van der Waals surface area contributed by atoms with E-state index in [0.717, 1.165) is 11.7 Å². The molecule has 2 aliphatic rings. The summed E-state index contributed by atoms with van der Waals surface area (Å²) in [7, 11) is 0. The molecule has 0 radical (unpaired) electrons. The Morgan fingerprint density at radius 2 is 2.27 bits per heavy atom. The van der Waals surface area contributed by atoms with Gasteiger partial charge in [-0.05, 0) is 38.1 Å². The van der Waals surface area contributed by atoms with Crippen LogP contribution in [-0.2, 0) is 0 Å². The van der Waals surface area contributed by atoms with Crippen LogP contribution in [-0.4, -0.2) is 23.2 Å².